The highest BCUT2D eigenvalue weighted by atomic mass is 35.5. The van der Waals surface area contributed by atoms with Gasteiger partial charge in [-0.1, -0.05) is 35.3 Å². The lowest BCUT2D eigenvalue weighted by Gasteiger charge is -2.12. The minimum absolute atomic E-state index is 0.0257. The number of rotatable bonds is 6. The molecular weight excluding hydrogens is 425 g/mol. The Labute approximate surface area is 173 Å². The van der Waals surface area contributed by atoms with Crippen molar-refractivity contribution in [1.29, 1.82) is 0 Å². The minimum atomic E-state index is -3.79. The molecule has 0 fully saturated rings. The molecule has 3 N–H and O–H groups in total. The molecule has 0 unspecified atom stereocenters. The molecule has 0 atom stereocenters. The first kappa shape index (κ1) is 22.2. The molecule has 10 heteroatoms. The molecule has 0 spiro atoms. The van der Waals surface area contributed by atoms with Crippen LogP contribution < -0.4 is 15.6 Å². The van der Waals surface area contributed by atoms with Crippen LogP contribution in [0.15, 0.2) is 47.4 Å². The van der Waals surface area contributed by atoms with Crippen LogP contribution in [0.25, 0.3) is 0 Å². The van der Waals surface area contributed by atoms with Gasteiger partial charge in [-0.15, -0.1) is 0 Å². The topological polar surface area (TPSA) is 104 Å². The van der Waals surface area contributed by atoms with Gasteiger partial charge < -0.3 is 0 Å². The van der Waals surface area contributed by atoms with Crippen molar-refractivity contribution >= 4 is 45.0 Å². The van der Waals surface area contributed by atoms with Crippen molar-refractivity contribution in [2.45, 2.75) is 31.2 Å². The Morgan fingerprint density at radius 2 is 1.64 bits per heavy atom. The maximum absolute atomic E-state index is 12.3. The van der Waals surface area contributed by atoms with Gasteiger partial charge >= 0.3 is 0 Å². The van der Waals surface area contributed by atoms with Gasteiger partial charge in [-0.2, -0.15) is 0 Å². The minimum Gasteiger partial charge on any atom is -0.273 e. The summed E-state index contributed by atoms with van der Waals surface area (Å²) < 4.78 is 26.9. The second-order valence-electron chi connectivity index (χ2n) is 6.22. The van der Waals surface area contributed by atoms with Gasteiger partial charge in [-0.05, 0) is 49.7 Å². The number of benzene rings is 2. The van der Waals surface area contributed by atoms with Crippen LogP contribution in [0, 0.1) is 0 Å². The number of sulfonamides is 1. The van der Waals surface area contributed by atoms with Crippen LogP contribution in [-0.4, -0.2) is 26.3 Å². The SMILES string of the molecule is CC(C)NS(=O)(=O)c1ccc(Cl)c(C(=O)NNC(=O)Cc2ccc(Cl)cc2)c1. The van der Waals surface area contributed by atoms with E-state index in [0.717, 1.165) is 6.07 Å². The number of hydrogen-bond donors (Lipinski definition) is 3. The molecule has 0 saturated heterocycles. The van der Waals surface area contributed by atoms with Crippen LogP contribution in [0.1, 0.15) is 29.8 Å². The number of amides is 2. The van der Waals surface area contributed by atoms with Gasteiger partial charge in [-0.25, -0.2) is 13.1 Å². The van der Waals surface area contributed by atoms with Gasteiger partial charge in [0.2, 0.25) is 15.9 Å². The van der Waals surface area contributed by atoms with Crippen LogP contribution in [0.3, 0.4) is 0 Å². The van der Waals surface area contributed by atoms with Crippen LogP contribution in [0.4, 0.5) is 0 Å². The number of nitrogens with one attached hydrogen (secondary N) is 3. The number of carbonyl (C=O) groups is 2. The van der Waals surface area contributed by atoms with E-state index in [1.807, 2.05) is 0 Å². The van der Waals surface area contributed by atoms with Crippen molar-refractivity contribution in [2.24, 2.45) is 0 Å². The summed E-state index contributed by atoms with van der Waals surface area (Å²) in [5.41, 5.74) is 5.12. The Morgan fingerprint density at radius 3 is 2.25 bits per heavy atom. The summed E-state index contributed by atoms with van der Waals surface area (Å²) >= 11 is 11.8. The van der Waals surface area contributed by atoms with E-state index in [0.29, 0.717) is 10.6 Å². The molecule has 0 radical (unpaired) electrons. The number of hydrazine groups is 1. The second-order valence-corrected chi connectivity index (χ2v) is 8.78. The van der Waals surface area contributed by atoms with E-state index >= 15 is 0 Å². The smallest absolute Gasteiger partial charge is 0.271 e. The fourth-order valence-electron chi connectivity index (χ4n) is 2.25. The maximum atomic E-state index is 12.3. The van der Waals surface area contributed by atoms with Gasteiger partial charge in [0.15, 0.2) is 0 Å². The summed E-state index contributed by atoms with van der Waals surface area (Å²) in [6.07, 6.45) is 0.0257. The predicted octanol–water partition coefficient (Wildman–Crippen LogP) is 2.68. The largest absolute Gasteiger partial charge is 0.273 e. The summed E-state index contributed by atoms with van der Waals surface area (Å²) in [7, 11) is -3.79. The summed E-state index contributed by atoms with van der Waals surface area (Å²) in [5, 5.41) is 0.599. The van der Waals surface area contributed by atoms with E-state index in [1.54, 1.807) is 38.1 Å². The molecule has 28 heavy (non-hydrogen) atoms. The van der Waals surface area contributed by atoms with Crippen molar-refractivity contribution in [2.75, 3.05) is 0 Å². The normalized spacial score (nSPS) is 11.3. The zero-order chi connectivity index (χ0) is 20.9. The molecule has 2 amide bonds. The molecule has 2 aromatic rings. The highest BCUT2D eigenvalue weighted by Gasteiger charge is 2.20. The number of halogens is 2. The van der Waals surface area contributed by atoms with Gasteiger partial charge in [0.1, 0.15) is 0 Å². The lowest BCUT2D eigenvalue weighted by Crippen LogP contribution is -2.42. The van der Waals surface area contributed by atoms with Crippen LogP contribution in [0.2, 0.25) is 10.0 Å². The van der Waals surface area contributed by atoms with Gasteiger partial charge in [-0.3, -0.25) is 20.4 Å². The van der Waals surface area contributed by atoms with Crippen LogP contribution >= 0.6 is 23.2 Å². The summed E-state index contributed by atoms with van der Waals surface area (Å²) in [6, 6.07) is 10.1. The Kier molecular flexibility index (Phi) is 7.42. The van der Waals surface area contributed by atoms with E-state index < -0.39 is 21.8 Å². The third-order valence-corrected chi connectivity index (χ3v) is 5.71. The highest BCUT2D eigenvalue weighted by Crippen LogP contribution is 2.20. The molecular formula is C18H19Cl2N3O4S. The molecule has 2 rings (SSSR count). The zero-order valence-electron chi connectivity index (χ0n) is 15.1. The summed E-state index contributed by atoms with van der Waals surface area (Å²) in [4.78, 5) is 24.2. The van der Waals surface area contributed by atoms with Gasteiger partial charge in [0, 0.05) is 11.1 Å². The fraction of sp³-hybridized carbons (Fsp3) is 0.222. The van der Waals surface area contributed by atoms with Crippen LogP contribution in [0.5, 0.6) is 0 Å². The summed E-state index contributed by atoms with van der Waals surface area (Å²) in [6.45, 7) is 3.36. The zero-order valence-corrected chi connectivity index (χ0v) is 17.5. The first-order chi connectivity index (χ1) is 13.1. The Bertz CT molecular complexity index is 977. The molecule has 0 aromatic heterocycles. The molecule has 0 aliphatic rings. The third kappa shape index (κ3) is 6.20. The quantitative estimate of drug-likeness (QED) is 0.596. The van der Waals surface area contributed by atoms with E-state index in [9.17, 15) is 18.0 Å². The van der Waals surface area contributed by atoms with E-state index in [1.165, 1.54) is 12.1 Å². The molecule has 150 valence electrons. The molecule has 0 saturated carbocycles. The second kappa shape index (κ2) is 9.38. The van der Waals surface area contributed by atoms with E-state index in [2.05, 4.69) is 15.6 Å². The number of carbonyl (C=O) groups excluding carboxylic acids is 2. The molecule has 2 aromatic carbocycles. The van der Waals surface area contributed by atoms with Gasteiger partial charge in [0.05, 0.1) is 21.9 Å². The highest BCUT2D eigenvalue weighted by molar-refractivity contribution is 7.89. The maximum Gasteiger partial charge on any atom is 0.271 e. The van der Waals surface area contributed by atoms with Gasteiger partial charge in [0.25, 0.3) is 5.91 Å². The monoisotopic (exact) mass is 443 g/mol. The van der Waals surface area contributed by atoms with Crippen LogP contribution in [-0.2, 0) is 21.2 Å². The van der Waals surface area contributed by atoms with E-state index in [-0.39, 0.29) is 27.9 Å². The molecule has 0 aliphatic heterocycles. The van der Waals surface area contributed by atoms with Crippen molar-refractivity contribution in [3.63, 3.8) is 0 Å². The molecule has 0 bridgehead atoms. The lowest BCUT2D eigenvalue weighted by atomic mass is 10.1. The molecule has 0 aliphatic carbocycles. The van der Waals surface area contributed by atoms with Crippen molar-refractivity contribution in [1.82, 2.24) is 15.6 Å². The van der Waals surface area contributed by atoms with Crippen molar-refractivity contribution in [3.05, 3.63) is 63.6 Å². The molecule has 7 nitrogen and oxygen atoms in total. The first-order valence-electron chi connectivity index (χ1n) is 8.24. The lowest BCUT2D eigenvalue weighted by molar-refractivity contribution is -0.121. The average molecular weight is 444 g/mol. The standard InChI is InChI=1S/C18H19Cl2N3O4S/c1-11(2)23-28(26,27)14-7-8-16(20)15(10-14)18(25)22-21-17(24)9-12-3-5-13(19)6-4-12/h3-8,10-11,23H,9H2,1-2H3,(H,21,24)(H,22,25). The first-order valence-corrected chi connectivity index (χ1v) is 10.5. The van der Waals surface area contributed by atoms with E-state index in [4.69, 9.17) is 23.2 Å². The van der Waals surface area contributed by atoms with Crippen molar-refractivity contribution in [3.8, 4) is 0 Å². The Morgan fingerprint density at radius 1 is 1.00 bits per heavy atom. The third-order valence-electron chi connectivity index (χ3n) is 3.48. The Balaban J connectivity index is 2.06. The number of hydrogen-bond acceptors (Lipinski definition) is 4. The average Bonchev–Trinajstić information content (AvgIpc) is 2.61. The molecule has 0 heterocycles. The summed E-state index contributed by atoms with van der Waals surface area (Å²) in [5.74, 6) is -1.20. The van der Waals surface area contributed by atoms with Crippen molar-refractivity contribution < 1.29 is 18.0 Å². The predicted molar refractivity (Wildman–Crippen MR) is 108 cm³/mol. The fourth-order valence-corrected chi connectivity index (χ4v) is 3.86. The Hall–Kier alpha value is -2.13.